The number of nitrogens with one attached hydrogen (secondary N) is 1. The molecule has 6 nitrogen and oxygen atoms in total. The molecule has 0 bridgehead atoms. The van der Waals surface area contributed by atoms with Crippen molar-refractivity contribution in [3.63, 3.8) is 0 Å². The summed E-state index contributed by atoms with van der Waals surface area (Å²) in [6.07, 6.45) is 2.27. The molecule has 3 N–H and O–H groups in total. The molecule has 0 aliphatic rings. The van der Waals surface area contributed by atoms with Crippen molar-refractivity contribution >= 4 is 23.2 Å². The van der Waals surface area contributed by atoms with Crippen molar-refractivity contribution in [3.05, 3.63) is 53.6 Å². The van der Waals surface area contributed by atoms with Gasteiger partial charge in [0, 0.05) is 25.9 Å². The van der Waals surface area contributed by atoms with Gasteiger partial charge in [0.25, 0.3) is 5.91 Å². The summed E-state index contributed by atoms with van der Waals surface area (Å²) in [6.45, 7) is 0. The molecule has 0 spiro atoms. The van der Waals surface area contributed by atoms with Gasteiger partial charge in [-0.3, -0.25) is 14.6 Å². The van der Waals surface area contributed by atoms with Crippen molar-refractivity contribution < 1.29 is 14.0 Å². The monoisotopic (exact) mass is 302 g/mol. The fourth-order valence-electron chi connectivity index (χ4n) is 1.91. The molecular formula is C15H15FN4O2. The predicted molar refractivity (Wildman–Crippen MR) is 81.4 cm³/mol. The first-order valence-corrected chi connectivity index (χ1v) is 6.41. The summed E-state index contributed by atoms with van der Waals surface area (Å²) in [6, 6.07) is 5.79. The third-order valence-corrected chi connectivity index (χ3v) is 2.98. The lowest BCUT2D eigenvalue weighted by Crippen LogP contribution is -2.19. The Morgan fingerprint density at radius 3 is 2.50 bits per heavy atom. The lowest BCUT2D eigenvalue weighted by molar-refractivity contribution is 0.0996. The Bertz CT molecular complexity index is 731. The highest BCUT2D eigenvalue weighted by Crippen LogP contribution is 2.26. The topological polar surface area (TPSA) is 88.3 Å². The number of anilines is 2. The molecule has 2 amide bonds. The standard InChI is InChI=1S/C15H15FN4O2/c1-20(2)13-4-3-9(14(17)21)6-12(13)19-15(22)10-5-11(16)8-18-7-10/h3-8H,1-2H3,(H2,17,21)(H,19,22). The van der Waals surface area contributed by atoms with E-state index in [0.29, 0.717) is 11.4 Å². The number of benzene rings is 1. The van der Waals surface area contributed by atoms with E-state index >= 15 is 0 Å². The van der Waals surface area contributed by atoms with Gasteiger partial charge in [-0.15, -0.1) is 0 Å². The number of hydrogen-bond donors (Lipinski definition) is 2. The number of halogens is 1. The Morgan fingerprint density at radius 2 is 1.91 bits per heavy atom. The maximum atomic E-state index is 13.1. The minimum Gasteiger partial charge on any atom is -0.376 e. The number of carbonyl (C=O) groups excluding carboxylic acids is 2. The molecule has 0 saturated carbocycles. The molecule has 2 aromatic rings. The zero-order valence-corrected chi connectivity index (χ0v) is 12.1. The second-order valence-corrected chi connectivity index (χ2v) is 4.84. The van der Waals surface area contributed by atoms with Gasteiger partial charge in [0.05, 0.1) is 23.1 Å². The number of aromatic nitrogens is 1. The highest BCUT2D eigenvalue weighted by Gasteiger charge is 2.13. The molecule has 0 radical (unpaired) electrons. The fraction of sp³-hybridized carbons (Fsp3) is 0.133. The number of hydrogen-bond acceptors (Lipinski definition) is 4. The third-order valence-electron chi connectivity index (χ3n) is 2.98. The number of rotatable bonds is 4. The highest BCUT2D eigenvalue weighted by molar-refractivity contribution is 6.06. The fourth-order valence-corrected chi connectivity index (χ4v) is 1.91. The number of primary amides is 1. The van der Waals surface area contributed by atoms with Gasteiger partial charge in [-0.25, -0.2) is 4.39 Å². The molecular weight excluding hydrogens is 287 g/mol. The van der Waals surface area contributed by atoms with Crippen LogP contribution in [0.25, 0.3) is 0 Å². The van der Waals surface area contributed by atoms with Crippen molar-refractivity contribution in [2.24, 2.45) is 5.73 Å². The van der Waals surface area contributed by atoms with Gasteiger partial charge in [0.1, 0.15) is 5.82 Å². The molecule has 114 valence electrons. The molecule has 0 aliphatic carbocycles. The lowest BCUT2D eigenvalue weighted by Gasteiger charge is -2.18. The van der Waals surface area contributed by atoms with Crippen LogP contribution in [0.1, 0.15) is 20.7 Å². The number of amides is 2. The summed E-state index contributed by atoms with van der Waals surface area (Å²) in [5, 5.41) is 2.64. The van der Waals surface area contributed by atoms with Crippen LogP contribution in [0.4, 0.5) is 15.8 Å². The Labute approximate surface area is 126 Å². The minimum absolute atomic E-state index is 0.0779. The molecule has 1 aromatic heterocycles. The second kappa shape index (κ2) is 6.21. The average molecular weight is 302 g/mol. The van der Waals surface area contributed by atoms with E-state index in [1.807, 2.05) is 0 Å². The van der Waals surface area contributed by atoms with Crippen LogP contribution < -0.4 is 16.0 Å². The first-order chi connectivity index (χ1) is 10.4. The Hall–Kier alpha value is -2.96. The van der Waals surface area contributed by atoms with Gasteiger partial charge in [-0.05, 0) is 24.3 Å². The quantitative estimate of drug-likeness (QED) is 0.898. The normalized spacial score (nSPS) is 10.1. The van der Waals surface area contributed by atoms with Crippen LogP contribution in [0, 0.1) is 5.82 Å². The second-order valence-electron chi connectivity index (χ2n) is 4.84. The summed E-state index contributed by atoms with van der Waals surface area (Å²) < 4.78 is 13.1. The Kier molecular flexibility index (Phi) is 4.36. The maximum absolute atomic E-state index is 13.1. The van der Waals surface area contributed by atoms with E-state index in [9.17, 15) is 14.0 Å². The average Bonchev–Trinajstić information content (AvgIpc) is 2.46. The molecule has 2 rings (SSSR count). The van der Waals surface area contributed by atoms with Crippen LogP contribution >= 0.6 is 0 Å². The predicted octanol–water partition coefficient (Wildman–Crippen LogP) is 1.64. The van der Waals surface area contributed by atoms with Crippen molar-refractivity contribution in [1.29, 1.82) is 0 Å². The summed E-state index contributed by atoms with van der Waals surface area (Å²) in [4.78, 5) is 28.8. The summed E-state index contributed by atoms with van der Waals surface area (Å²) >= 11 is 0. The number of nitrogens with zero attached hydrogens (tertiary/aromatic N) is 2. The number of nitrogens with two attached hydrogens (primary N) is 1. The molecule has 0 atom stereocenters. The molecule has 0 fully saturated rings. The number of carbonyl (C=O) groups is 2. The molecule has 0 aliphatic heterocycles. The van der Waals surface area contributed by atoms with Crippen LogP contribution in [-0.4, -0.2) is 30.9 Å². The minimum atomic E-state index is -0.605. The number of pyridine rings is 1. The van der Waals surface area contributed by atoms with E-state index < -0.39 is 17.6 Å². The van der Waals surface area contributed by atoms with Crippen molar-refractivity contribution in [3.8, 4) is 0 Å². The van der Waals surface area contributed by atoms with Gasteiger partial charge >= 0.3 is 0 Å². The van der Waals surface area contributed by atoms with E-state index in [1.165, 1.54) is 12.3 Å². The van der Waals surface area contributed by atoms with Gasteiger partial charge < -0.3 is 16.0 Å². The van der Waals surface area contributed by atoms with Crippen molar-refractivity contribution in [1.82, 2.24) is 4.98 Å². The summed E-state index contributed by atoms with van der Waals surface area (Å²) in [5.41, 5.74) is 6.67. The zero-order valence-electron chi connectivity index (χ0n) is 12.1. The van der Waals surface area contributed by atoms with Gasteiger partial charge in [-0.2, -0.15) is 0 Å². The molecule has 0 unspecified atom stereocenters. The van der Waals surface area contributed by atoms with E-state index in [2.05, 4.69) is 10.3 Å². The third kappa shape index (κ3) is 3.38. The van der Waals surface area contributed by atoms with Gasteiger partial charge in [0.2, 0.25) is 5.91 Å². The summed E-state index contributed by atoms with van der Waals surface area (Å²) in [5.74, 6) is -1.74. The van der Waals surface area contributed by atoms with Gasteiger partial charge in [-0.1, -0.05) is 0 Å². The SMILES string of the molecule is CN(C)c1ccc(C(N)=O)cc1NC(=O)c1cncc(F)c1. The van der Waals surface area contributed by atoms with E-state index in [0.717, 1.165) is 12.3 Å². The first kappa shape index (κ1) is 15.4. The smallest absolute Gasteiger partial charge is 0.257 e. The van der Waals surface area contributed by atoms with E-state index in [-0.39, 0.29) is 11.1 Å². The van der Waals surface area contributed by atoms with Crippen molar-refractivity contribution in [2.45, 2.75) is 0 Å². The van der Waals surface area contributed by atoms with E-state index in [4.69, 9.17) is 5.73 Å². The zero-order chi connectivity index (χ0) is 16.3. The Balaban J connectivity index is 2.36. The Morgan fingerprint density at radius 1 is 1.18 bits per heavy atom. The van der Waals surface area contributed by atoms with E-state index in [1.54, 1.807) is 31.1 Å². The molecule has 1 heterocycles. The lowest BCUT2D eigenvalue weighted by atomic mass is 10.1. The van der Waals surface area contributed by atoms with Crippen LogP contribution in [0.3, 0.4) is 0 Å². The van der Waals surface area contributed by atoms with Crippen molar-refractivity contribution in [2.75, 3.05) is 24.3 Å². The molecule has 1 aromatic carbocycles. The largest absolute Gasteiger partial charge is 0.376 e. The highest BCUT2D eigenvalue weighted by atomic mass is 19.1. The van der Waals surface area contributed by atoms with Crippen LogP contribution in [0.5, 0.6) is 0 Å². The van der Waals surface area contributed by atoms with Crippen LogP contribution in [0.2, 0.25) is 0 Å². The molecule has 7 heteroatoms. The van der Waals surface area contributed by atoms with Crippen LogP contribution in [-0.2, 0) is 0 Å². The van der Waals surface area contributed by atoms with Gasteiger partial charge in [0.15, 0.2) is 0 Å². The molecule has 22 heavy (non-hydrogen) atoms. The van der Waals surface area contributed by atoms with Crippen LogP contribution in [0.15, 0.2) is 36.7 Å². The first-order valence-electron chi connectivity index (χ1n) is 6.41. The molecule has 0 saturated heterocycles. The maximum Gasteiger partial charge on any atom is 0.257 e. The summed E-state index contributed by atoms with van der Waals surface area (Å²) in [7, 11) is 3.58.